The van der Waals surface area contributed by atoms with Gasteiger partial charge in [0.1, 0.15) is 0 Å². The Kier molecular flexibility index (Phi) is 3.00. The van der Waals surface area contributed by atoms with Gasteiger partial charge in [-0.05, 0) is 25.0 Å². The third-order valence-electron chi connectivity index (χ3n) is 1.93. The summed E-state index contributed by atoms with van der Waals surface area (Å²) >= 11 is -1.77. The first-order valence-corrected chi connectivity index (χ1v) is 4.95. The number of aryl methyl sites for hydroxylation is 1. The number of hydrogen-bond acceptors (Lipinski definition) is 1. The van der Waals surface area contributed by atoms with Gasteiger partial charge < -0.3 is 4.55 Å². The molecule has 1 N–H and O–H groups in total. The van der Waals surface area contributed by atoms with Gasteiger partial charge >= 0.3 is 0 Å². The van der Waals surface area contributed by atoms with E-state index >= 15 is 0 Å². The van der Waals surface area contributed by atoms with Crippen LogP contribution in [-0.2, 0) is 11.1 Å². The van der Waals surface area contributed by atoms with E-state index < -0.39 is 11.1 Å². The molecule has 1 rings (SSSR count). The Labute approximate surface area is 74.9 Å². The molecule has 12 heavy (non-hydrogen) atoms. The molecule has 0 saturated heterocycles. The Bertz CT molecular complexity index is 296. The number of hydrogen-bond donors (Lipinski definition) is 1. The summed E-state index contributed by atoms with van der Waals surface area (Å²) in [6.45, 7) is 3.69. The quantitative estimate of drug-likeness (QED) is 0.716. The average Bonchev–Trinajstić information content (AvgIpc) is 2.04. The molecule has 1 aromatic rings. The second-order valence-electron chi connectivity index (χ2n) is 2.77. The fraction of sp³-hybridized carbons (Fsp3) is 0.333. The Morgan fingerprint density at radius 3 is 2.50 bits per heavy atom. The molecule has 0 radical (unpaired) electrons. The van der Waals surface area contributed by atoms with Crippen LogP contribution in [0.3, 0.4) is 0 Å². The molecule has 0 aliphatic rings. The zero-order valence-electron chi connectivity index (χ0n) is 7.15. The second-order valence-corrected chi connectivity index (χ2v) is 4.03. The first-order valence-electron chi connectivity index (χ1n) is 3.78. The van der Waals surface area contributed by atoms with Crippen molar-refractivity contribution in [1.82, 2.24) is 0 Å². The first kappa shape index (κ1) is 9.42. The molecule has 2 nitrogen and oxygen atoms in total. The normalized spacial score (nSPS) is 15.6. The fourth-order valence-corrected chi connectivity index (χ4v) is 1.63. The molecule has 0 bridgehead atoms. The summed E-state index contributed by atoms with van der Waals surface area (Å²) in [5.74, 6) is 0. The highest BCUT2D eigenvalue weighted by Gasteiger charge is 2.12. The zero-order valence-corrected chi connectivity index (χ0v) is 7.97. The van der Waals surface area contributed by atoms with Gasteiger partial charge in [0.25, 0.3) is 0 Å². The van der Waals surface area contributed by atoms with Crippen LogP contribution in [0.25, 0.3) is 0 Å². The van der Waals surface area contributed by atoms with Crippen molar-refractivity contribution in [1.29, 1.82) is 0 Å². The van der Waals surface area contributed by atoms with Crippen LogP contribution in [0.1, 0.15) is 23.3 Å². The highest BCUT2D eigenvalue weighted by atomic mass is 32.2. The Balaban J connectivity index is 3.02. The molecule has 3 heteroatoms. The molecular weight excluding hydrogens is 172 g/mol. The van der Waals surface area contributed by atoms with E-state index in [2.05, 4.69) is 0 Å². The van der Waals surface area contributed by atoms with Crippen molar-refractivity contribution in [3.8, 4) is 0 Å². The molecule has 2 atom stereocenters. The third kappa shape index (κ3) is 1.93. The molecule has 0 aliphatic carbocycles. The van der Waals surface area contributed by atoms with Crippen LogP contribution in [0.15, 0.2) is 24.3 Å². The molecule has 1 aromatic carbocycles. The van der Waals surface area contributed by atoms with E-state index in [4.69, 9.17) is 4.55 Å². The largest absolute Gasteiger partial charge is 0.306 e. The lowest BCUT2D eigenvalue weighted by atomic mass is 10.1. The summed E-state index contributed by atoms with van der Waals surface area (Å²) in [5, 5.41) is -0.300. The van der Waals surface area contributed by atoms with Gasteiger partial charge in [-0.15, -0.1) is 0 Å². The maximum atomic E-state index is 10.8. The molecule has 0 aromatic heterocycles. The maximum absolute atomic E-state index is 10.8. The van der Waals surface area contributed by atoms with Gasteiger partial charge in [0, 0.05) is 0 Å². The van der Waals surface area contributed by atoms with Crippen molar-refractivity contribution in [3.63, 3.8) is 0 Å². The van der Waals surface area contributed by atoms with Crippen molar-refractivity contribution >= 4 is 11.1 Å². The van der Waals surface area contributed by atoms with Crippen LogP contribution in [0.5, 0.6) is 0 Å². The molecular formula is C9H12O2S. The molecule has 0 amide bonds. The minimum absolute atomic E-state index is 0.300. The van der Waals surface area contributed by atoms with E-state index in [1.165, 1.54) is 0 Å². The average molecular weight is 184 g/mol. The van der Waals surface area contributed by atoms with Gasteiger partial charge in [0.05, 0.1) is 5.25 Å². The van der Waals surface area contributed by atoms with Crippen LogP contribution < -0.4 is 0 Å². The van der Waals surface area contributed by atoms with Crippen LogP contribution >= 0.6 is 0 Å². The summed E-state index contributed by atoms with van der Waals surface area (Å²) in [4.78, 5) is 0. The summed E-state index contributed by atoms with van der Waals surface area (Å²) in [6, 6.07) is 7.63. The van der Waals surface area contributed by atoms with Gasteiger partial charge in [-0.2, -0.15) is 0 Å². The Morgan fingerprint density at radius 2 is 2.00 bits per heavy atom. The number of rotatable bonds is 2. The van der Waals surface area contributed by atoms with Crippen molar-refractivity contribution in [2.24, 2.45) is 0 Å². The van der Waals surface area contributed by atoms with Gasteiger partial charge in [-0.25, -0.2) is 4.21 Å². The summed E-state index contributed by atoms with van der Waals surface area (Å²) in [5.41, 5.74) is 2.01. The van der Waals surface area contributed by atoms with Gasteiger partial charge in [0.15, 0.2) is 11.1 Å². The van der Waals surface area contributed by atoms with E-state index in [-0.39, 0.29) is 5.25 Å². The molecule has 0 aliphatic heterocycles. The topological polar surface area (TPSA) is 37.3 Å². The molecule has 2 unspecified atom stereocenters. The maximum Gasteiger partial charge on any atom is 0.160 e. The third-order valence-corrected chi connectivity index (χ3v) is 2.79. The van der Waals surface area contributed by atoms with Crippen molar-refractivity contribution < 1.29 is 8.76 Å². The van der Waals surface area contributed by atoms with Crippen LogP contribution in [0.2, 0.25) is 0 Å². The van der Waals surface area contributed by atoms with E-state index in [1.807, 2.05) is 31.2 Å². The molecule has 0 heterocycles. The zero-order chi connectivity index (χ0) is 9.14. The van der Waals surface area contributed by atoms with Crippen molar-refractivity contribution in [2.45, 2.75) is 19.1 Å². The fourth-order valence-electron chi connectivity index (χ4n) is 1.15. The summed E-state index contributed by atoms with van der Waals surface area (Å²) < 4.78 is 19.6. The number of benzene rings is 1. The molecule has 0 spiro atoms. The monoisotopic (exact) mass is 184 g/mol. The SMILES string of the molecule is Cc1ccccc1C(C)S(=O)O. The molecule has 0 fully saturated rings. The standard InChI is InChI=1S/C9H12O2S/c1-7-5-3-4-6-9(7)8(2)12(10)11/h3-6,8H,1-2H3,(H,10,11). The van der Waals surface area contributed by atoms with E-state index in [0.717, 1.165) is 11.1 Å². The summed E-state index contributed by atoms with van der Waals surface area (Å²) in [6.07, 6.45) is 0. The van der Waals surface area contributed by atoms with Crippen LogP contribution in [0.4, 0.5) is 0 Å². The molecule has 66 valence electrons. The smallest absolute Gasteiger partial charge is 0.160 e. The predicted molar refractivity (Wildman–Crippen MR) is 50.4 cm³/mol. The van der Waals surface area contributed by atoms with Crippen LogP contribution in [-0.4, -0.2) is 8.76 Å². The highest BCUT2D eigenvalue weighted by molar-refractivity contribution is 7.79. The lowest BCUT2D eigenvalue weighted by molar-refractivity contribution is 0.553. The van der Waals surface area contributed by atoms with E-state index in [0.29, 0.717) is 0 Å². The Hall–Kier alpha value is -0.670. The predicted octanol–water partition coefficient (Wildman–Crippen LogP) is 2.28. The minimum atomic E-state index is -1.77. The van der Waals surface area contributed by atoms with Crippen molar-refractivity contribution in [2.75, 3.05) is 0 Å². The van der Waals surface area contributed by atoms with Crippen molar-refractivity contribution in [3.05, 3.63) is 35.4 Å². The minimum Gasteiger partial charge on any atom is -0.306 e. The Morgan fingerprint density at radius 1 is 1.42 bits per heavy atom. The van der Waals surface area contributed by atoms with E-state index in [9.17, 15) is 4.21 Å². The highest BCUT2D eigenvalue weighted by Crippen LogP contribution is 2.20. The molecule has 0 saturated carbocycles. The van der Waals surface area contributed by atoms with E-state index in [1.54, 1.807) is 6.92 Å². The van der Waals surface area contributed by atoms with Gasteiger partial charge in [-0.1, -0.05) is 24.3 Å². The lowest BCUT2D eigenvalue weighted by Crippen LogP contribution is -2.02. The van der Waals surface area contributed by atoms with Gasteiger partial charge in [-0.3, -0.25) is 0 Å². The first-order chi connectivity index (χ1) is 5.63. The van der Waals surface area contributed by atoms with Crippen LogP contribution in [0, 0.1) is 6.92 Å². The summed E-state index contributed by atoms with van der Waals surface area (Å²) in [7, 11) is 0. The second kappa shape index (κ2) is 3.83. The van der Waals surface area contributed by atoms with Gasteiger partial charge in [0.2, 0.25) is 0 Å². The lowest BCUT2D eigenvalue weighted by Gasteiger charge is -2.09.